The summed E-state index contributed by atoms with van der Waals surface area (Å²) in [5.74, 6) is 1.04. The van der Waals surface area contributed by atoms with Gasteiger partial charge < -0.3 is 20.3 Å². The van der Waals surface area contributed by atoms with Crippen LogP contribution in [0.4, 0.5) is 0 Å². The van der Waals surface area contributed by atoms with Crippen molar-refractivity contribution >= 4 is 27.6 Å². The SMILES string of the molecule is NCCOCC(=O)OCCSSCCO. The van der Waals surface area contributed by atoms with Crippen molar-refractivity contribution < 1.29 is 19.4 Å². The Hall–Kier alpha value is 0.0500. The van der Waals surface area contributed by atoms with E-state index in [9.17, 15) is 4.79 Å². The van der Waals surface area contributed by atoms with E-state index in [1.54, 1.807) is 21.6 Å². The van der Waals surface area contributed by atoms with Gasteiger partial charge >= 0.3 is 5.97 Å². The first-order valence-electron chi connectivity index (χ1n) is 4.60. The van der Waals surface area contributed by atoms with Crippen molar-refractivity contribution in [1.29, 1.82) is 0 Å². The highest BCUT2D eigenvalue weighted by molar-refractivity contribution is 8.76. The molecule has 0 aliphatic carbocycles. The molecule has 0 bridgehead atoms. The van der Waals surface area contributed by atoms with Crippen LogP contribution in [0.3, 0.4) is 0 Å². The fourth-order valence-electron chi connectivity index (χ4n) is 0.625. The van der Waals surface area contributed by atoms with E-state index in [2.05, 4.69) is 0 Å². The van der Waals surface area contributed by atoms with Crippen molar-refractivity contribution in [1.82, 2.24) is 0 Å². The standard InChI is InChI=1S/C8H17NO4S2/c9-1-3-12-7-8(11)13-4-6-15-14-5-2-10/h10H,1-7,9H2. The normalized spacial score (nSPS) is 10.3. The summed E-state index contributed by atoms with van der Waals surface area (Å²) in [7, 11) is 3.12. The van der Waals surface area contributed by atoms with Gasteiger partial charge in [0.25, 0.3) is 0 Å². The van der Waals surface area contributed by atoms with Crippen molar-refractivity contribution in [3.8, 4) is 0 Å². The fraction of sp³-hybridized carbons (Fsp3) is 0.875. The van der Waals surface area contributed by atoms with E-state index in [0.29, 0.717) is 31.3 Å². The second-order valence-corrected chi connectivity index (χ2v) is 5.13. The van der Waals surface area contributed by atoms with E-state index in [1.165, 1.54) is 0 Å². The third-order valence-corrected chi connectivity index (χ3v) is 3.52. The molecule has 5 nitrogen and oxygen atoms in total. The van der Waals surface area contributed by atoms with Gasteiger partial charge in [0.2, 0.25) is 0 Å². The Kier molecular flexibility index (Phi) is 12.2. The van der Waals surface area contributed by atoms with Gasteiger partial charge in [0.15, 0.2) is 0 Å². The molecule has 0 aromatic rings. The predicted molar refractivity (Wildman–Crippen MR) is 62.8 cm³/mol. The largest absolute Gasteiger partial charge is 0.463 e. The van der Waals surface area contributed by atoms with Gasteiger partial charge in [-0.05, 0) is 0 Å². The summed E-state index contributed by atoms with van der Waals surface area (Å²) in [5.41, 5.74) is 5.18. The first-order chi connectivity index (χ1) is 7.31. The molecule has 0 aromatic heterocycles. The molecule has 0 spiro atoms. The Balaban J connectivity index is 3.10. The summed E-state index contributed by atoms with van der Waals surface area (Å²) in [6.07, 6.45) is 0. The molecular formula is C8H17NO4S2. The van der Waals surface area contributed by atoms with Crippen LogP contribution in [0.15, 0.2) is 0 Å². The van der Waals surface area contributed by atoms with Gasteiger partial charge in [-0.1, -0.05) is 21.6 Å². The number of hydrogen-bond donors (Lipinski definition) is 2. The third-order valence-electron chi connectivity index (χ3n) is 1.17. The van der Waals surface area contributed by atoms with Crippen LogP contribution in [-0.2, 0) is 14.3 Å². The maximum absolute atomic E-state index is 11.0. The molecule has 0 aliphatic heterocycles. The van der Waals surface area contributed by atoms with Gasteiger partial charge in [-0.15, -0.1) is 0 Å². The zero-order valence-corrected chi connectivity index (χ0v) is 10.1. The van der Waals surface area contributed by atoms with Gasteiger partial charge in [0, 0.05) is 18.1 Å². The van der Waals surface area contributed by atoms with Crippen LogP contribution in [0.5, 0.6) is 0 Å². The summed E-state index contributed by atoms with van der Waals surface area (Å²) < 4.78 is 9.76. The Bertz CT molecular complexity index is 160. The lowest BCUT2D eigenvalue weighted by molar-refractivity contribution is -0.148. The molecule has 0 fully saturated rings. The highest BCUT2D eigenvalue weighted by Crippen LogP contribution is 2.19. The van der Waals surface area contributed by atoms with Gasteiger partial charge in [-0.3, -0.25) is 0 Å². The number of hydrogen-bond acceptors (Lipinski definition) is 7. The molecular weight excluding hydrogens is 238 g/mol. The molecule has 90 valence electrons. The van der Waals surface area contributed by atoms with Crippen LogP contribution in [0, 0.1) is 0 Å². The number of aliphatic hydroxyl groups is 1. The zero-order chi connectivity index (χ0) is 11.4. The van der Waals surface area contributed by atoms with Crippen molar-refractivity contribution in [3.05, 3.63) is 0 Å². The molecule has 0 saturated carbocycles. The van der Waals surface area contributed by atoms with Gasteiger partial charge in [0.1, 0.15) is 13.2 Å². The average Bonchev–Trinajstić information content (AvgIpc) is 2.23. The second-order valence-electron chi connectivity index (χ2n) is 2.43. The Morgan fingerprint density at radius 3 is 2.67 bits per heavy atom. The first-order valence-corrected chi connectivity index (χ1v) is 7.08. The molecule has 15 heavy (non-hydrogen) atoms. The molecule has 0 saturated heterocycles. The molecule has 0 atom stereocenters. The average molecular weight is 255 g/mol. The van der Waals surface area contributed by atoms with E-state index in [-0.39, 0.29) is 19.2 Å². The Morgan fingerprint density at radius 2 is 2.00 bits per heavy atom. The van der Waals surface area contributed by atoms with Crippen LogP contribution < -0.4 is 5.73 Å². The molecule has 0 amide bonds. The molecule has 3 N–H and O–H groups in total. The maximum atomic E-state index is 11.0. The Morgan fingerprint density at radius 1 is 1.27 bits per heavy atom. The smallest absolute Gasteiger partial charge is 0.332 e. The van der Waals surface area contributed by atoms with Crippen molar-refractivity contribution in [2.75, 3.05) is 44.5 Å². The summed E-state index contributed by atoms with van der Waals surface area (Å²) in [6.45, 7) is 1.28. The van der Waals surface area contributed by atoms with E-state index in [1.807, 2.05) is 0 Å². The molecule has 0 radical (unpaired) electrons. The van der Waals surface area contributed by atoms with Crippen molar-refractivity contribution in [2.45, 2.75) is 0 Å². The van der Waals surface area contributed by atoms with Gasteiger partial charge in [-0.2, -0.15) is 0 Å². The number of carbonyl (C=O) groups is 1. The molecule has 0 rings (SSSR count). The lowest BCUT2D eigenvalue weighted by Gasteiger charge is -2.04. The third kappa shape index (κ3) is 12.0. The van der Waals surface area contributed by atoms with Crippen molar-refractivity contribution in [3.63, 3.8) is 0 Å². The van der Waals surface area contributed by atoms with E-state index in [0.717, 1.165) is 0 Å². The van der Waals surface area contributed by atoms with E-state index in [4.69, 9.17) is 20.3 Å². The van der Waals surface area contributed by atoms with Crippen LogP contribution >= 0.6 is 21.6 Å². The minimum atomic E-state index is -0.365. The number of aliphatic hydroxyl groups excluding tert-OH is 1. The fourth-order valence-corrected chi connectivity index (χ4v) is 2.22. The van der Waals surface area contributed by atoms with Crippen LogP contribution in [0.25, 0.3) is 0 Å². The van der Waals surface area contributed by atoms with E-state index >= 15 is 0 Å². The summed E-state index contributed by atoms with van der Waals surface area (Å²) in [5, 5.41) is 8.49. The second kappa shape index (κ2) is 12.1. The zero-order valence-electron chi connectivity index (χ0n) is 8.52. The molecule has 0 aromatic carbocycles. The summed E-state index contributed by atoms with van der Waals surface area (Å²) in [4.78, 5) is 11.0. The number of esters is 1. The lowest BCUT2D eigenvalue weighted by atomic mass is 10.7. The molecule has 0 aliphatic rings. The van der Waals surface area contributed by atoms with Crippen LogP contribution in [0.2, 0.25) is 0 Å². The summed E-state index contributed by atoms with van der Waals surface area (Å²) >= 11 is 0. The van der Waals surface area contributed by atoms with E-state index < -0.39 is 0 Å². The highest BCUT2D eigenvalue weighted by Gasteiger charge is 2.01. The Labute approximate surface area is 97.5 Å². The molecule has 0 heterocycles. The number of ether oxygens (including phenoxy) is 2. The first kappa shape index (κ1) is 15.0. The minimum Gasteiger partial charge on any atom is -0.463 e. The lowest BCUT2D eigenvalue weighted by Crippen LogP contribution is -2.17. The van der Waals surface area contributed by atoms with Crippen LogP contribution in [-0.4, -0.2) is 55.6 Å². The molecule has 7 heteroatoms. The molecule has 0 unspecified atom stereocenters. The van der Waals surface area contributed by atoms with Crippen LogP contribution in [0.1, 0.15) is 0 Å². The van der Waals surface area contributed by atoms with Crippen molar-refractivity contribution in [2.24, 2.45) is 5.73 Å². The highest BCUT2D eigenvalue weighted by atomic mass is 33.1. The van der Waals surface area contributed by atoms with Gasteiger partial charge in [-0.25, -0.2) is 4.79 Å². The minimum absolute atomic E-state index is 0.0361. The monoisotopic (exact) mass is 255 g/mol. The topological polar surface area (TPSA) is 81.8 Å². The maximum Gasteiger partial charge on any atom is 0.332 e. The predicted octanol–water partition coefficient (Wildman–Crippen LogP) is -0.121. The number of carbonyl (C=O) groups excluding carboxylic acids is 1. The number of nitrogens with two attached hydrogens (primary N) is 1. The van der Waals surface area contributed by atoms with Gasteiger partial charge in [0.05, 0.1) is 13.2 Å². The number of rotatable bonds is 10. The quantitative estimate of drug-likeness (QED) is 0.320. The summed E-state index contributed by atoms with van der Waals surface area (Å²) in [6, 6.07) is 0.